The number of hydrogen-bond donors (Lipinski definition) is 2. The van der Waals surface area contributed by atoms with E-state index in [1.54, 1.807) is 13.0 Å². The number of phenolic OH excluding ortho intramolecular Hbond substituents is 1. The summed E-state index contributed by atoms with van der Waals surface area (Å²) in [5.41, 5.74) is 2.23. The van der Waals surface area contributed by atoms with Gasteiger partial charge in [-0.25, -0.2) is 0 Å². The number of aromatic hydroxyl groups is 1. The van der Waals surface area contributed by atoms with Crippen LogP contribution in [0.2, 0.25) is 0 Å². The van der Waals surface area contributed by atoms with Gasteiger partial charge in [0.1, 0.15) is 5.75 Å². The minimum Gasteiger partial charge on any atom is -0.508 e. The molecule has 0 bridgehead atoms. The van der Waals surface area contributed by atoms with E-state index in [0.717, 1.165) is 12.0 Å². The summed E-state index contributed by atoms with van der Waals surface area (Å²) in [6.07, 6.45) is 1.03. The van der Waals surface area contributed by atoms with Crippen molar-refractivity contribution in [2.75, 3.05) is 6.61 Å². The normalized spacial score (nSPS) is 8.29. The molecule has 1 aromatic rings. The maximum atomic E-state index is 9.14. The Balaban J connectivity index is 0. The first-order valence-electron chi connectivity index (χ1n) is 4.55. The number of hydrogen-bond acceptors (Lipinski definition) is 2. The van der Waals surface area contributed by atoms with Crippen molar-refractivity contribution in [3.8, 4) is 5.75 Å². The van der Waals surface area contributed by atoms with Crippen molar-refractivity contribution in [2.24, 2.45) is 0 Å². The minimum atomic E-state index is 0. The molecule has 0 unspecified atom stereocenters. The molecule has 0 amide bonds. The fourth-order valence-electron chi connectivity index (χ4n) is 0.937. The topological polar surface area (TPSA) is 40.5 Å². The third-order valence-corrected chi connectivity index (χ3v) is 1.67. The first-order chi connectivity index (χ1) is 6.15. The van der Waals surface area contributed by atoms with Crippen LogP contribution in [0, 0.1) is 47.3 Å². The van der Waals surface area contributed by atoms with E-state index in [-0.39, 0.29) is 47.0 Å². The number of aryl methyl sites for hydroxylation is 2. The van der Waals surface area contributed by atoms with Gasteiger partial charge in [-0.1, -0.05) is 19.1 Å². The number of rotatable bonds is 1. The van der Waals surface area contributed by atoms with Gasteiger partial charge in [0.2, 0.25) is 0 Å². The molecule has 0 aliphatic carbocycles. The second-order valence-corrected chi connectivity index (χ2v) is 2.79. The molecule has 0 saturated carbocycles. The molecule has 0 saturated heterocycles. The van der Waals surface area contributed by atoms with E-state index in [2.05, 4.69) is 6.92 Å². The quantitative estimate of drug-likeness (QED) is 0.828. The summed E-state index contributed by atoms with van der Waals surface area (Å²) in [4.78, 5) is 0. The summed E-state index contributed by atoms with van der Waals surface area (Å²) in [6, 6.07) is 5.70. The molecular formula is C11H18O2Sm. The Morgan fingerprint density at radius 2 is 1.71 bits per heavy atom. The summed E-state index contributed by atoms with van der Waals surface area (Å²) in [5, 5.41) is 16.7. The van der Waals surface area contributed by atoms with Crippen molar-refractivity contribution in [1.29, 1.82) is 0 Å². The Hall–Kier alpha value is 0.318. The molecule has 0 radical (unpaired) electrons. The summed E-state index contributed by atoms with van der Waals surface area (Å²) < 4.78 is 0. The van der Waals surface area contributed by atoms with Crippen molar-refractivity contribution >= 4 is 0 Å². The van der Waals surface area contributed by atoms with Crippen LogP contribution >= 0.6 is 0 Å². The van der Waals surface area contributed by atoms with Crippen molar-refractivity contribution < 1.29 is 50.6 Å². The number of aliphatic hydroxyl groups excluding tert-OH is 1. The van der Waals surface area contributed by atoms with E-state index >= 15 is 0 Å². The maximum Gasteiger partial charge on any atom is 0.118 e. The predicted octanol–water partition coefficient (Wildman–Crippen LogP) is 2.26. The van der Waals surface area contributed by atoms with Crippen LogP contribution in [-0.2, 0) is 6.42 Å². The molecule has 80 valence electrons. The van der Waals surface area contributed by atoms with Gasteiger partial charge in [-0.15, -0.1) is 0 Å². The third-order valence-electron chi connectivity index (χ3n) is 1.67. The van der Waals surface area contributed by atoms with Gasteiger partial charge in [0, 0.05) is 47.0 Å². The van der Waals surface area contributed by atoms with E-state index in [4.69, 9.17) is 10.2 Å². The second kappa shape index (κ2) is 9.86. The van der Waals surface area contributed by atoms with Crippen LogP contribution in [0.1, 0.15) is 25.0 Å². The summed E-state index contributed by atoms with van der Waals surface area (Å²) in [7, 11) is 0. The number of aliphatic hydroxyl groups is 1. The smallest absolute Gasteiger partial charge is 0.118 e. The predicted molar refractivity (Wildman–Crippen MR) is 55.0 cm³/mol. The van der Waals surface area contributed by atoms with E-state index < -0.39 is 0 Å². The van der Waals surface area contributed by atoms with Gasteiger partial charge < -0.3 is 10.2 Å². The van der Waals surface area contributed by atoms with Crippen LogP contribution < -0.4 is 0 Å². The summed E-state index contributed by atoms with van der Waals surface area (Å²) >= 11 is 0. The fraction of sp³-hybridized carbons (Fsp3) is 0.455. The zero-order chi connectivity index (χ0) is 10.3. The van der Waals surface area contributed by atoms with Gasteiger partial charge >= 0.3 is 0 Å². The molecule has 0 heterocycles. The second-order valence-electron chi connectivity index (χ2n) is 2.79. The number of benzene rings is 1. The molecule has 3 heteroatoms. The standard InChI is InChI=1S/C9H12O.C2H6O.Sm/c1-3-8-4-5-9(10)7(2)6-8;1-2-3;/h4-6,10H,3H2,1-2H3;3H,2H2,1H3;. The Morgan fingerprint density at radius 3 is 2.07 bits per heavy atom. The molecule has 14 heavy (non-hydrogen) atoms. The maximum absolute atomic E-state index is 9.14. The van der Waals surface area contributed by atoms with Gasteiger partial charge in [-0.2, -0.15) is 0 Å². The first-order valence-corrected chi connectivity index (χ1v) is 4.55. The average molecular weight is 333 g/mol. The van der Waals surface area contributed by atoms with E-state index in [1.807, 2.05) is 19.1 Å². The average Bonchev–Trinajstić information content (AvgIpc) is 2.11. The van der Waals surface area contributed by atoms with Crippen LogP contribution in [0.15, 0.2) is 18.2 Å². The molecule has 1 rings (SSSR count). The van der Waals surface area contributed by atoms with Gasteiger partial charge in [-0.3, -0.25) is 0 Å². The van der Waals surface area contributed by atoms with Crippen molar-refractivity contribution in [1.82, 2.24) is 0 Å². The molecule has 0 aromatic heterocycles. The van der Waals surface area contributed by atoms with Crippen LogP contribution in [0.5, 0.6) is 5.75 Å². The third kappa shape index (κ3) is 6.72. The Morgan fingerprint density at radius 1 is 1.21 bits per heavy atom. The van der Waals surface area contributed by atoms with Crippen molar-refractivity contribution in [3.63, 3.8) is 0 Å². The SMILES string of the molecule is CCO.CCc1ccc(O)c(C)c1.[Sm]. The monoisotopic (exact) mass is 334 g/mol. The molecule has 2 nitrogen and oxygen atoms in total. The van der Waals surface area contributed by atoms with Gasteiger partial charge in [0.15, 0.2) is 0 Å². The largest absolute Gasteiger partial charge is 0.508 e. The fourth-order valence-corrected chi connectivity index (χ4v) is 0.937. The summed E-state index contributed by atoms with van der Waals surface area (Å²) in [6.45, 7) is 5.94. The van der Waals surface area contributed by atoms with E-state index in [1.165, 1.54) is 5.56 Å². The molecule has 0 spiro atoms. The zero-order valence-corrected chi connectivity index (χ0v) is 11.6. The molecule has 2 N–H and O–H groups in total. The van der Waals surface area contributed by atoms with Crippen LogP contribution in [0.3, 0.4) is 0 Å². The molecule has 0 aliphatic rings. The number of phenols is 1. The Labute approximate surface area is 118 Å². The molecule has 0 atom stereocenters. The van der Waals surface area contributed by atoms with Crippen molar-refractivity contribution in [3.05, 3.63) is 29.3 Å². The van der Waals surface area contributed by atoms with Crippen LogP contribution in [0.4, 0.5) is 0 Å². The van der Waals surface area contributed by atoms with Crippen molar-refractivity contribution in [2.45, 2.75) is 27.2 Å². The molecule has 1 aromatic carbocycles. The van der Waals surface area contributed by atoms with Gasteiger partial charge in [0.25, 0.3) is 0 Å². The van der Waals surface area contributed by atoms with Crippen LogP contribution in [-0.4, -0.2) is 16.8 Å². The minimum absolute atomic E-state index is 0. The van der Waals surface area contributed by atoms with E-state index in [0.29, 0.717) is 5.75 Å². The molecular weight excluding hydrogens is 314 g/mol. The van der Waals surface area contributed by atoms with Gasteiger partial charge in [0.05, 0.1) is 0 Å². The summed E-state index contributed by atoms with van der Waals surface area (Å²) in [5.74, 6) is 0.386. The van der Waals surface area contributed by atoms with E-state index in [9.17, 15) is 0 Å². The van der Waals surface area contributed by atoms with Gasteiger partial charge in [-0.05, 0) is 37.5 Å². The molecule has 0 fully saturated rings. The first kappa shape index (κ1) is 16.7. The Bertz CT molecular complexity index is 249. The zero-order valence-electron chi connectivity index (χ0n) is 8.95. The van der Waals surface area contributed by atoms with Crippen LogP contribution in [0.25, 0.3) is 0 Å². The molecule has 0 aliphatic heterocycles. The Kier molecular flexibility index (Phi) is 11.8.